The summed E-state index contributed by atoms with van der Waals surface area (Å²) in [4.78, 5) is 24.7. The van der Waals surface area contributed by atoms with Gasteiger partial charge in [-0.15, -0.1) is 0 Å². The van der Waals surface area contributed by atoms with E-state index in [-0.39, 0.29) is 23.5 Å². The van der Waals surface area contributed by atoms with Gasteiger partial charge in [0.25, 0.3) is 0 Å². The maximum atomic E-state index is 13.0. The summed E-state index contributed by atoms with van der Waals surface area (Å²) < 4.78 is 18.7. The predicted octanol–water partition coefficient (Wildman–Crippen LogP) is 3.68. The molecule has 0 unspecified atom stereocenters. The summed E-state index contributed by atoms with van der Waals surface area (Å²) in [6.45, 7) is 6.20. The fourth-order valence-electron chi connectivity index (χ4n) is 2.90. The maximum absolute atomic E-state index is 13.0. The van der Waals surface area contributed by atoms with Crippen LogP contribution in [-0.2, 0) is 22.6 Å². The Morgan fingerprint density at radius 2 is 1.86 bits per heavy atom. The van der Waals surface area contributed by atoms with Gasteiger partial charge in [0.1, 0.15) is 18.2 Å². The van der Waals surface area contributed by atoms with Crippen molar-refractivity contribution in [2.75, 3.05) is 11.9 Å². The number of fused-ring (bicyclic) bond motifs is 1. The van der Waals surface area contributed by atoms with E-state index in [9.17, 15) is 14.0 Å². The highest BCUT2D eigenvalue weighted by atomic mass is 19.1. The molecule has 1 heterocycles. The van der Waals surface area contributed by atoms with E-state index in [1.54, 1.807) is 18.2 Å². The van der Waals surface area contributed by atoms with Gasteiger partial charge in [-0.1, -0.05) is 32.9 Å². The van der Waals surface area contributed by atoms with Gasteiger partial charge in [0.15, 0.2) is 0 Å². The molecule has 1 aliphatic rings. The molecular weight excluding hydrogens is 359 g/mol. The third-order valence-electron chi connectivity index (χ3n) is 4.66. The summed E-state index contributed by atoms with van der Waals surface area (Å²) in [5, 5.41) is 5.78. The minimum atomic E-state index is -0.491. The van der Waals surface area contributed by atoms with E-state index < -0.39 is 5.41 Å². The van der Waals surface area contributed by atoms with Crippen LogP contribution in [0.3, 0.4) is 0 Å². The van der Waals surface area contributed by atoms with Gasteiger partial charge in [-0.2, -0.15) is 0 Å². The van der Waals surface area contributed by atoms with Crippen molar-refractivity contribution in [2.45, 2.75) is 33.7 Å². The third-order valence-corrected chi connectivity index (χ3v) is 4.66. The van der Waals surface area contributed by atoms with Crippen LogP contribution in [0.4, 0.5) is 10.1 Å². The summed E-state index contributed by atoms with van der Waals surface area (Å²) in [5.74, 6) is -0.0727. The van der Waals surface area contributed by atoms with Gasteiger partial charge in [0, 0.05) is 17.6 Å². The van der Waals surface area contributed by atoms with Gasteiger partial charge in [-0.05, 0) is 47.9 Å². The second-order valence-electron chi connectivity index (χ2n) is 8.08. The highest BCUT2D eigenvalue weighted by Gasteiger charge is 2.27. The first-order valence-corrected chi connectivity index (χ1v) is 9.32. The summed E-state index contributed by atoms with van der Waals surface area (Å²) in [5.41, 5.74) is 1.92. The monoisotopic (exact) mass is 384 g/mol. The van der Waals surface area contributed by atoms with Crippen LogP contribution in [0.5, 0.6) is 5.75 Å². The third kappa shape index (κ3) is 4.88. The molecule has 0 saturated heterocycles. The van der Waals surface area contributed by atoms with Crippen molar-refractivity contribution < 1.29 is 18.7 Å². The zero-order valence-electron chi connectivity index (χ0n) is 16.3. The van der Waals surface area contributed by atoms with E-state index in [1.165, 1.54) is 12.1 Å². The lowest BCUT2D eigenvalue weighted by Gasteiger charge is -2.25. The number of hydrogen-bond acceptors (Lipinski definition) is 3. The molecule has 1 atom stereocenters. The molecule has 148 valence electrons. The Kier molecular flexibility index (Phi) is 5.68. The predicted molar refractivity (Wildman–Crippen MR) is 105 cm³/mol. The van der Waals surface area contributed by atoms with Crippen LogP contribution in [0.15, 0.2) is 42.5 Å². The summed E-state index contributed by atoms with van der Waals surface area (Å²) in [6, 6.07) is 11.5. The number of amides is 2. The van der Waals surface area contributed by atoms with Crippen LogP contribution >= 0.6 is 0 Å². The van der Waals surface area contributed by atoms with Crippen molar-refractivity contribution >= 4 is 17.5 Å². The van der Waals surface area contributed by atoms with Crippen LogP contribution in [0.2, 0.25) is 0 Å². The zero-order chi connectivity index (χ0) is 20.3. The number of hydrogen-bond donors (Lipinski definition) is 2. The first kappa shape index (κ1) is 19.9. The minimum absolute atomic E-state index is 0.0715. The number of nitrogens with one attached hydrogen (secondary N) is 2. The molecule has 0 fully saturated rings. The molecule has 0 bridgehead atoms. The Morgan fingerprint density at radius 1 is 1.14 bits per heavy atom. The molecule has 0 radical (unpaired) electrons. The summed E-state index contributed by atoms with van der Waals surface area (Å²) in [6.07, 6.45) is 0.532. The molecule has 0 aromatic heterocycles. The molecule has 6 heteroatoms. The Hall–Kier alpha value is -2.89. The quantitative estimate of drug-likeness (QED) is 0.845. The number of anilines is 1. The Bertz CT molecular complexity index is 872. The Morgan fingerprint density at radius 3 is 2.54 bits per heavy atom. The van der Waals surface area contributed by atoms with E-state index in [4.69, 9.17) is 4.74 Å². The Labute approximate surface area is 164 Å². The molecule has 0 saturated carbocycles. The van der Waals surface area contributed by atoms with Crippen molar-refractivity contribution in [1.29, 1.82) is 0 Å². The van der Waals surface area contributed by atoms with Gasteiger partial charge >= 0.3 is 0 Å². The lowest BCUT2D eigenvalue weighted by molar-refractivity contribution is -0.126. The lowest BCUT2D eigenvalue weighted by atomic mass is 9.94. The van der Waals surface area contributed by atoms with Crippen LogP contribution in [0, 0.1) is 17.2 Å². The molecule has 2 aromatic carbocycles. The number of benzene rings is 2. The molecule has 2 N–H and O–H groups in total. The molecule has 1 aliphatic heterocycles. The van der Waals surface area contributed by atoms with E-state index in [1.807, 2.05) is 32.9 Å². The number of ether oxygens (including phenoxy) is 1. The molecule has 3 rings (SSSR count). The fourth-order valence-corrected chi connectivity index (χ4v) is 2.90. The first-order valence-electron chi connectivity index (χ1n) is 9.32. The Balaban J connectivity index is 1.62. The largest absolute Gasteiger partial charge is 0.492 e. The average Bonchev–Trinajstić information content (AvgIpc) is 2.66. The molecule has 28 heavy (non-hydrogen) atoms. The highest BCUT2D eigenvalue weighted by molar-refractivity contribution is 5.94. The van der Waals surface area contributed by atoms with Crippen molar-refractivity contribution in [2.24, 2.45) is 11.3 Å². The van der Waals surface area contributed by atoms with Gasteiger partial charge in [0.2, 0.25) is 11.8 Å². The number of carbonyl (C=O) groups is 2. The van der Waals surface area contributed by atoms with Gasteiger partial charge in [0.05, 0.1) is 5.92 Å². The van der Waals surface area contributed by atoms with Crippen LogP contribution in [-0.4, -0.2) is 18.4 Å². The van der Waals surface area contributed by atoms with Gasteiger partial charge in [-0.3, -0.25) is 9.59 Å². The number of halogens is 1. The standard InChI is InChI=1S/C22H25FN2O3/c1-22(2,3)21(27)25-18-8-9-19-15(11-18)10-16(13-28-19)20(26)24-12-14-4-6-17(23)7-5-14/h4-9,11,16H,10,12-13H2,1-3H3,(H,24,26)(H,25,27)/t16-/m0/s1. The maximum Gasteiger partial charge on any atom is 0.229 e. The summed E-state index contributed by atoms with van der Waals surface area (Å²) >= 11 is 0. The van der Waals surface area contributed by atoms with Crippen LogP contribution in [0.25, 0.3) is 0 Å². The molecule has 2 aromatic rings. The van der Waals surface area contributed by atoms with Gasteiger partial charge < -0.3 is 15.4 Å². The van der Waals surface area contributed by atoms with Crippen molar-refractivity contribution in [3.05, 3.63) is 59.4 Å². The van der Waals surface area contributed by atoms with E-state index in [0.29, 0.717) is 25.3 Å². The second kappa shape index (κ2) is 8.00. The zero-order valence-corrected chi connectivity index (χ0v) is 16.3. The minimum Gasteiger partial charge on any atom is -0.492 e. The number of carbonyl (C=O) groups excluding carboxylic acids is 2. The second-order valence-corrected chi connectivity index (χ2v) is 8.08. The van der Waals surface area contributed by atoms with E-state index >= 15 is 0 Å². The van der Waals surface area contributed by atoms with Crippen LogP contribution in [0.1, 0.15) is 31.9 Å². The SMILES string of the molecule is CC(C)(C)C(=O)Nc1ccc2c(c1)C[C@H](C(=O)NCc1ccc(F)cc1)CO2. The van der Waals surface area contributed by atoms with Crippen LogP contribution < -0.4 is 15.4 Å². The lowest BCUT2D eigenvalue weighted by Crippen LogP contribution is -2.37. The highest BCUT2D eigenvalue weighted by Crippen LogP contribution is 2.30. The smallest absolute Gasteiger partial charge is 0.229 e. The molecule has 5 nitrogen and oxygen atoms in total. The molecule has 2 amide bonds. The topological polar surface area (TPSA) is 67.4 Å². The van der Waals surface area contributed by atoms with E-state index in [2.05, 4.69) is 10.6 Å². The van der Waals surface area contributed by atoms with E-state index in [0.717, 1.165) is 16.9 Å². The molecule has 0 aliphatic carbocycles. The first-order chi connectivity index (χ1) is 13.2. The summed E-state index contributed by atoms with van der Waals surface area (Å²) in [7, 11) is 0. The van der Waals surface area contributed by atoms with Crippen molar-refractivity contribution in [3.8, 4) is 5.75 Å². The average molecular weight is 384 g/mol. The van der Waals surface area contributed by atoms with Gasteiger partial charge in [-0.25, -0.2) is 4.39 Å². The molecular formula is C22H25FN2O3. The molecule has 0 spiro atoms. The normalized spacial score (nSPS) is 15.9. The van der Waals surface area contributed by atoms with Crippen molar-refractivity contribution in [1.82, 2.24) is 5.32 Å². The van der Waals surface area contributed by atoms with Crippen molar-refractivity contribution in [3.63, 3.8) is 0 Å². The fraction of sp³-hybridized carbons (Fsp3) is 0.364. The number of rotatable bonds is 4.